The summed E-state index contributed by atoms with van der Waals surface area (Å²) in [5, 5.41) is 6.76. The van der Waals surface area contributed by atoms with Crippen molar-refractivity contribution in [3.05, 3.63) is 16.1 Å². The molecule has 0 amide bonds. The first-order chi connectivity index (χ1) is 9.05. The molecule has 0 saturated heterocycles. The van der Waals surface area contributed by atoms with Crippen molar-refractivity contribution in [3.8, 4) is 0 Å². The normalized spacial score (nSPS) is 27.9. The highest BCUT2D eigenvalue weighted by atomic mass is 32.1. The number of methoxy groups -OCH3 is 1. The molecule has 0 bridgehead atoms. The molecular formula is C15H26N2OS. The monoisotopic (exact) mass is 282 g/mol. The van der Waals surface area contributed by atoms with Gasteiger partial charge in [0.05, 0.1) is 5.69 Å². The lowest BCUT2D eigenvalue weighted by atomic mass is 9.79. The number of ether oxygens (including phenoxy) is 1. The van der Waals surface area contributed by atoms with Gasteiger partial charge in [-0.05, 0) is 25.2 Å². The van der Waals surface area contributed by atoms with Crippen molar-refractivity contribution in [2.24, 2.45) is 5.92 Å². The molecule has 2 rings (SSSR count). The van der Waals surface area contributed by atoms with E-state index < -0.39 is 0 Å². The van der Waals surface area contributed by atoms with Crippen LogP contribution in [-0.2, 0) is 16.9 Å². The highest BCUT2D eigenvalue weighted by Gasteiger charge is 2.39. The van der Waals surface area contributed by atoms with Crippen molar-refractivity contribution >= 4 is 11.3 Å². The Morgan fingerprint density at radius 2 is 2.37 bits per heavy atom. The van der Waals surface area contributed by atoms with Crippen LogP contribution in [0.1, 0.15) is 57.2 Å². The second-order valence-electron chi connectivity index (χ2n) is 6.08. The lowest BCUT2D eigenvalue weighted by Crippen LogP contribution is -2.34. The highest BCUT2D eigenvalue weighted by molar-refractivity contribution is 7.09. The predicted molar refractivity (Wildman–Crippen MR) is 80.4 cm³/mol. The molecule has 1 N–H and O–H groups in total. The van der Waals surface area contributed by atoms with E-state index >= 15 is 0 Å². The van der Waals surface area contributed by atoms with Crippen LogP contribution in [0.3, 0.4) is 0 Å². The molecule has 19 heavy (non-hydrogen) atoms. The zero-order valence-corrected chi connectivity index (χ0v) is 13.3. The standard InChI is InChI=1S/C15H26N2OS/c1-11(2)16-9-13-10-19-14(17-13)15(18-4)7-5-6-12(3)8-15/h10-12,16H,5-9H2,1-4H3. The molecule has 0 aromatic carbocycles. The van der Waals surface area contributed by atoms with E-state index in [-0.39, 0.29) is 5.60 Å². The second kappa shape index (κ2) is 6.33. The predicted octanol–water partition coefficient (Wildman–Crippen LogP) is 3.69. The number of hydrogen-bond donors (Lipinski definition) is 1. The molecule has 108 valence electrons. The van der Waals surface area contributed by atoms with Crippen molar-refractivity contribution in [2.45, 2.75) is 64.6 Å². The molecule has 3 nitrogen and oxygen atoms in total. The van der Waals surface area contributed by atoms with Crippen LogP contribution in [0.15, 0.2) is 5.38 Å². The maximum absolute atomic E-state index is 5.90. The van der Waals surface area contributed by atoms with Crippen LogP contribution in [0.2, 0.25) is 0 Å². The first kappa shape index (κ1) is 14.9. The van der Waals surface area contributed by atoms with Gasteiger partial charge in [0.25, 0.3) is 0 Å². The van der Waals surface area contributed by atoms with Gasteiger partial charge in [-0.2, -0.15) is 0 Å². The van der Waals surface area contributed by atoms with E-state index in [9.17, 15) is 0 Å². The maximum Gasteiger partial charge on any atom is 0.125 e. The number of nitrogens with zero attached hydrogens (tertiary/aromatic N) is 1. The van der Waals surface area contributed by atoms with Gasteiger partial charge in [-0.15, -0.1) is 11.3 Å². The van der Waals surface area contributed by atoms with E-state index in [1.54, 1.807) is 11.3 Å². The highest BCUT2D eigenvalue weighted by Crippen LogP contribution is 2.43. The molecule has 1 aromatic heterocycles. The third-order valence-electron chi connectivity index (χ3n) is 3.98. The van der Waals surface area contributed by atoms with Gasteiger partial charge in [-0.25, -0.2) is 4.98 Å². The average molecular weight is 282 g/mol. The number of aromatic nitrogens is 1. The van der Waals surface area contributed by atoms with E-state index in [4.69, 9.17) is 9.72 Å². The minimum absolute atomic E-state index is 0.127. The lowest BCUT2D eigenvalue weighted by molar-refractivity contribution is -0.0581. The van der Waals surface area contributed by atoms with E-state index in [0.29, 0.717) is 6.04 Å². The summed E-state index contributed by atoms with van der Waals surface area (Å²) >= 11 is 1.76. The molecule has 1 aliphatic carbocycles. The molecule has 1 aromatic rings. The van der Waals surface area contributed by atoms with Gasteiger partial charge < -0.3 is 10.1 Å². The minimum Gasteiger partial charge on any atom is -0.371 e. The molecule has 2 atom stereocenters. The summed E-state index contributed by atoms with van der Waals surface area (Å²) in [5.74, 6) is 0.731. The summed E-state index contributed by atoms with van der Waals surface area (Å²) < 4.78 is 5.90. The molecule has 1 saturated carbocycles. The molecular weight excluding hydrogens is 256 g/mol. The van der Waals surface area contributed by atoms with E-state index in [1.807, 2.05) is 7.11 Å². The summed E-state index contributed by atoms with van der Waals surface area (Å²) in [4.78, 5) is 4.81. The Morgan fingerprint density at radius 1 is 1.58 bits per heavy atom. The first-order valence-corrected chi connectivity index (χ1v) is 8.17. The molecule has 1 aliphatic rings. The topological polar surface area (TPSA) is 34.1 Å². The zero-order chi connectivity index (χ0) is 13.9. The van der Waals surface area contributed by atoms with E-state index in [2.05, 4.69) is 31.5 Å². The zero-order valence-electron chi connectivity index (χ0n) is 12.5. The number of hydrogen-bond acceptors (Lipinski definition) is 4. The third-order valence-corrected chi connectivity index (χ3v) is 5.06. The van der Waals surface area contributed by atoms with Crippen molar-refractivity contribution in [1.82, 2.24) is 10.3 Å². The van der Waals surface area contributed by atoms with Gasteiger partial charge in [0.1, 0.15) is 10.6 Å². The van der Waals surface area contributed by atoms with Crippen LogP contribution in [0.5, 0.6) is 0 Å². The number of nitrogens with one attached hydrogen (secondary N) is 1. The van der Waals surface area contributed by atoms with Gasteiger partial charge >= 0.3 is 0 Å². The first-order valence-electron chi connectivity index (χ1n) is 7.29. The largest absolute Gasteiger partial charge is 0.371 e. The summed E-state index contributed by atoms with van der Waals surface area (Å²) in [6.45, 7) is 7.49. The molecule has 1 heterocycles. The number of rotatable bonds is 5. The van der Waals surface area contributed by atoms with E-state index in [1.165, 1.54) is 17.8 Å². The van der Waals surface area contributed by atoms with E-state index in [0.717, 1.165) is 31.0 Å². The lowest BCUT2D eigenvalue weighted by Gasteiger charge is -2.37. The Bertz CT molecular complexity index is 405. The fourth-order valence-electron chi connectivity index (χ4n) is 2.88. The maximum atomic E-state index is 5.90. The van der Waals surface area contributed by atoms with Crippen molar-refractivity contribution in [2.75, 3.05) is 7.11 Å². The molecule has 2 unspecified atom stereocenters. The second-order valence-corrected chi connectivity index (χ2v) is 6.94. The molecule has 0 radical (unpaired) electrons. The third kappa shape index (κ3) is 3.56. The summed E-state index contributed by atoms with van der Waals surface area (Å²) in [6.07, 6.45) is 4.78. The van der Waals surface area contributed by atoms with Crippen LogP contribution >= 0.6 is 11.3 Å². The van der Waals surface area contributed by atoms with Gasteiger partial charge in [-0.3, -0.25) is 0 Å². The minimum atomic E-state index is -0.127. The Balaban J connectivity index is 2.10. The van der Waals surface area contributed by atoms with Crippen molar-refractivity contribution < 1.29 is 4.74 Å². The summed E-state index contributed by atoms with van der Waals surface area (Å²) in [6, 6.07) is 0.497. The quantitative estimate of drug-likeness (QED) is 0.894. The SMILES string of the molecule is COC1(c2nc(CNC(C)C)cs2)CCCC(C)C1. The van der Waals surface area contributed by atoms with Gasteiger partial charge in [0.15, 0.2) is 0 Å². The van der Waals surface area contributed by atoms with Crippen molar-refractivity contribution in [3.63, 3.8) is 0 Å². The van der Waals surface area contributed by atoms with Gasteiger partial charge in [-0.1, -0.05) is 27.2 Å². The van der Waals surface area contributed by atoms with Crippen LogP contribution < -0.4 is 5.32 Å². The van der Waals surface area contributed by atoms with Crippen LogP contribution in [0.4, 0.5) is 0 Å². The van der Waals surface area contributed by atoms with Crippen LogP contribution in [0.25, 0.3) is 0 Å². The van der Waals surface area contributed by atoms with Crippen LogP contribution in [0, 0.1) is 5.92 Å². The summed E-state index contributed by atoms with van der Waals surface area (Å²) in [7, 11) is 1.84. The Labute approximate surface area is 120 Å². The molecule has 0 spiro atoms. The Kier molecular flexibility index (Phi) is 4.98. The fraction of sp³-hybridized carbons (Fsp3) is 0.800. The van der Waals surface area contributed by atoms with Crippen LogP contribution in [-0.4, -0.2) is 18.1 Å². The number of thiazole rings is 1. The van der Waals surface area contributed by atoms with Gasteiger partial charge in [0, 0.05) is 25.1 Å². The average Bonchev–Trinajstić information content (AvgIpc) is 2.85. The van der Waals surface area contributed by atoms with Gasteiger partial charge in [0.2, 0.25) is 0 Å². The van der Waals surface area contributed by atoms with Crippen molar-refractivity contribution in [1.29, 1.82) is 0 Å². The Morgan fingerprint density at radius 3 is 3.00 bits per heavy atom. The molecule has 4 heteroatoms. The summed E-state index contributed by atoms with van der Waals surface area (Å²) in [5.41, 5.74) is 1.02. The Hall–Kier alpha value is -0.450. The molecule has 1 fully saturated rings. The smallest absolute Gasteiger partial charge is 0.125 e. The fourth-order valence-corrected chi connectivity index (χ4v) is 3.91. The molecule has 0 aliphatic heterocycles.